The number of hydrogen-bond acceptors (Lipinski definition) is 5. The van der Waals surface area contributed by atoms with Crippen molar-refractivity contribution in [1.29, 1.82) is 0 Å². The Morgan fingerprint density at radius 2 is 2.05 bits per heavy atom. The van der Waals surface area contributed by atoms with Crippen LogP contribution < -0.4 is 21.2 Å². The van der Waals surface area contributed by atoms with Gasteiger partial charge in [-0.05, 0) is 0 Å². The number of allylic oxidation sites excluding steroid dienone is 1. The van der Waals surface area contributed by atoms with Gasteiger partial charge in [-0.15, -0.1) is 0 Å². The minimum atomic E-state index is -3.45. The number of alkyl halides is 1. The van der Waals surface area contributed by atoms with E-state index in [0.717, 1.165) is 22.0 Å². The molecule has 0 aliphatic carbocycles. The Balaban J connectivity index is 3.67. The van der Waals surface area contributed by atoms with Crippen LogP contribution in [0, 0.1) is 0 Å². The van der Waals surface area contributed by atoms with Crippen LogP contribution in [0.5, 0.6) is 0 Å². The van der Waals surface area contributed by atoms with E-state index >= 15 is 0 Å². The third-order valence-electron chi connectivity index (χ3n) is 2.40. The third-order valence-corrected chi connectivity index (χ3v) is 7.69. The Morgan fingerprint density at radius 3 is 2.45 bits per heavy atom. The summed E-state index contributed by atoms with van der Waals surface area (Å²) in [5.74, 6) is 0.309. The van der Waals surface area contributed by atoms with Crippen molar-refractivity contribution in [3.8, 4) is 0 Å². The Hall–Kier alpha value is -0.120. The number of ether oxygens (including phenoxy) is 1. The van der Waals surface area contributed by atoms with Gasteiger partial charge >= 0.3 is 152 Å². The topological polar surface area (TPSA) is 60.4 Å². The molecule has 1 rings (SSSR count). The van der Waals surface area contributed by atoms with Gasteiger partial charge in [-0.3, -0.25) is 0 Å². The molecule has 0 spiro atoms. The van der Waals surface area contributed by atoms with E-state index in [-0.39, 0.29) is 16.8 Å². The van der Waals surface area contributed by atoms with Crippen LogP contribution in [-0.4, -0.2) is 31.0 Å². The summed E-state index contributed by atoms with van der Waals surface area (Å²) in [6.07, 6.45) is 0.961. The number of sulfone groups is 1. The monoisotopic (exact) mass is 477 g/mol. The number of rotatable bonds is 7. The first-order valence-electron chi connectivity index (χ1n) is 6.58. The van der Waals surface area contributed by atoms with Gasteiger partial charge in [-0.2, -0.15) is 0 Å². The molecule has 126 valence electrons. The Morgan fingerprint density at radius 1 is 1.45 bits per heavy atom. The number of carbonyl (C=O) groups is 1. The van der Waals surface area contributed by atoms with E-state index in [9.17, 15) is 13.2 Å². The van der Waals surface area contributed by atoms with E-state index in [1.807, 2.05) is 20.8 Å². The maximum absolute atomic E-state index is 12.0. The first kappa shape index (κ1) is 19.9. The summed E-state index contributed by atoms with van der Waals surface area (Å²) in [6, 6.07) is 1.42. The van der Waals surface area contributed by atoms with Gasteiger partial charge in [-0.25, -0.2) is 0 Å². The van der Waals surface area contributed by atoms with Crippen LogP contribution in [0.15, 0.2) is 14.5 Å². The fourth-order valence-electron chi connectivity index (χ4n) is 1.67. The van der Waals surface area contributed by atoms with Gasteiger partial charge in [0.05, 0.1) is 0 Å². The number of ketones is 1. The fraction of sp³-hybridized carbons (Fsp3) is 0.500. The van der Waals surface area contributed by atoms with Gasteiger partial charge in [0.25, 0.3) is 0 Å². The Kier molecular flexibility index (Phi) is 7.35. The average Bonchev–Trinajstić information content (AvgIpc) is 2.75. The summed E-state index contributed by atoms with van der Waals surface area (Å²) in [7, 11) is -3.45. The molecule has 1 aromatic heterocycles. The molecule has 0 aliphatic heterocycles. The van der Waals surface area contributed by atoms with Crippen molar-refractivity contribution in [2.75, 3.05) is 10.7 Å². The van der Waals surface area contributed by atoms with Crippen molar-refractivity contribution in [3.63, 3.8) is 0 Å². The van der Waals surface area contributed by atoms with Crippen molar-refractivity contribution < 1.29 is 39.2 Å². The summed E-state index contributed by atoms with van der Waals surface area (Å²) in [6.45, 7) is 7.18. The van der Waals surface area contributed by atoms with Gasteiger partial charge in [0.2, 0.25) is 0 Å². The molecule has 0 bridgehead atoms. The number of hydrogen-bond donors (Lipinski definition) is 0. The summed E-state index contributed by atoms with van der Waals surface area (Å²) in [4.78, 5) is 12.6. The van der Waals surface area contributed by atoms with E-state index in [2.05, 4.69) is 0 Å². The number of Topliss-reactive ketones (excluding diaryl/α,β-unsaturated/α-hetero) is 1. The predicted molar refractivity (Wildman–Crippen MR) is 86.8 cm³/mol. The number of thiophene rings is 1. The molecule has 0 unspecified atom stereocenters. The molecule has 1 aromatic rings. The standard InChI is InChI=1S/C14H19ClIO4S2/c1-6-16-12(9(4)17)13(20-8(2)3)14-10(22(5,18)19)7-11(15)21-14/h7-8H,6H2,1-5H3/q-1/b13-12+. The van der Waals surface area contributed by atoms with Crippen molar-refractivity contribution in [2.45, 2.75) is 38.7 Å². The van der Waals surface area contributed by atoms with Crippen LogP contribution in [0.25, 0.3) is 5.76 Å². The van der Waals surface area contributed by atoms with Crippen LogP contribution in [-0.2, 0) is 19.4 Å². The zero-order valence-corrected chi connectivity index (χ0v) is 17.6. The zero-order valence-electron chi connectivity index (χ0n) is 13.1. The van der Waals surface area contributed by atoms with Crippen molar-refractivity contribution in [2.24, 2.45) is 0 Å². The van der Waals surface area contributed by atoms with Crippen molar-refractivity contribution in [1.82, 2.24) is 0 Å². The van der Waals surface area contributed by atoms with Gasteiger partial charge in [-0.1, -0.05) is 0 Å². The maximum atomic E-state index is 12.0. The molecule has 8 heteroatoms. The molecule has 22 heavy (non-hydrogen) atoms. The van der Waals surface area contributed by atoms with Crippen LogP contribution in [0.1, 0.15) is 32.6 Å². The van der Waals surface area contributed by atoms with Gasteiger partial charge in [0.1, 0.15) is 0 Å². The summed E-state index contributed by atoms with van der Waals surface area (Å²) < 4.78 is 31.7. The van der Waals surface area contributed by atoms with Crippen molar-refractivity contribution in [3.05, 3.63) is 18.9 Å². The van der Waals surface area contributed by atoms with E-state index < -0.39 is 31.0 Å². The minimum absolute atomic E-state index is 0.0747. The molecular formula is C14H19ClIO4S2-. The second-order valence-electron chi connectivity index (χ2n) is 4.78. The molecule has 0 aliphatic rings. The zero-order chi connectivity index (χ0) is 17.1. The van der Waals surface area contributed by atoms with Crippen molar-refractivity contribution >= 4 is 44.3 Å². The van der Waals surface area contributed by atoms with Gasteiger partial charge in [0.15, 0.2) is 0 Å². The molecule has 0 amide bonds. The van der Waals surface area contributed by atoms with E-state index in [4.69, 9.17) is 16.3 Å². The van der Waals surface area contributed by atoms with Crippen LogP contribution in [0.2, 0.25) is 4.34 Å². The SMILES string of the molecule is CC[I-]/C(C(C)=O)=C(/OC(C)C)c1sc(Cl)cc1S(C)(=O)=O. The van der Waals surface area contributed by atoms with Crippen LogP contribution >= 0.6 is 22.9 Å². The normalized spacial score (nSPS) is 13.4. The molecule has 1 heterocycles. The van der Waals surface area contributed by atoms with E-state index in [1.54, 1.807) is 0 Å². The molecule has 4 nitrogen and oxygen atoms in total. The molecular weight excluding hydrogens is 459 g/mol. The second-order valence-corrected chi connectivity index (χ2v) is 11.8. The summed E-state index contributed by atoms with van der Waals surface area (Å²) in [5, 5.41) is 0. The third kappa shape index (κ3) is 5.21. The van der Waals surface area contributed by atoms with Gasteiger partial charge < -0.3 is 0 Å². The van der Waals surface area contributed by atoms with Crippen LogP contribution in [0.3, 0.4) is 0 Å². The van der Waals surface area contributed by atoms with E-state index in [0.29, 0.717) is 18.6 Å². The predicted octanol–water partition coefficient (Wildman–Crippen LogP) is 0.596. The molecule has 0 radical (unpaired) electrons. The molecule has 0 N–H and O–H groups in total. The first-order chi connectivity index (χ1) is 10.1. The van der Waals surface area contributed by atoms with E-state index in [1.165, 1.54) is 13.0 Å². The summed E-state index contributed by atoms with van der Waals surface area (Å²) in [5.41, 5.74) is 0. The molecule has 0 aromatic carbocycles. The average molecular weight is 478 g/mol. The number of halogens is 2. The Labute approximate surface area is 151 Å². The molecule has 0 fully saturated rings. The number of carbonyl (C=O) groups excluding carboxylic acids is 1. The quantitative estimate of drug-likeness (QED) is 0.250. The second kappa shape index (κ2) is 8.12. The molecule has 0 saturated carbocycles. The Bertz CT molecular complexity index is 690. The van der Waals surface area contributed by atoms with Crippen LogP contribution in [0.4, 0.5) is 0 Å². The van der Waals surface area contributed by atoms with Gasteiger partial charge in [0, 0.05) is 0 Å². The molecule has 0 saturated heterocycles. The molecule has 0 atom stereocenters. The fourth-order valence-corrected chi connectivity index (χ4v) is 6.49. The summed E-state index contributed by atoms with van der Waals surface area (Å²) >= 11 is 6.60. The first-order valence-corrected chi connectivity index (χ1v) is 12.3.